The summed E-state index contributed by atoms with van der Waals surface area (Å²) < 4.78 is 6.59. The zero-order valence-corrected chi connectivity index (χ0v) is 25.4. The van der Waals surface area contributed by atoms with E-state index in [-0.39, 0.29) is 16.4 Å². The highest BCUT2D eigenvalue weighted by Gasteiger charge is 2.57. The molecular weight excluding hydrogens is 617 g/mol. The average Bonchev–Trinajstić information content (AvgIpc) is 3.42. The van der Waals surface area contributed by atoms with Crippen LogP contribution in [-0.2, 0) is 20.9 Å². The highest BCUT2D eigenvalue weighted by atomic mass is 35.5. The van der Waals surface area contributed by atoms with Gasteiger partial charge in [0.2, 0.25) is 17.7 Å². The third kappa shape index (κ3) is 4.92. The van der Waals surface area contributed by atoms with E-state index in [2.05, 4.69) is 5.32 Å². The fraction of sp³-hybridized carbons (Fsp3) is 0.200. The van der Waals surface area contributed by atoms with Gasteiger partial charge in [-0.2, -0.15) is 0 Å². The van der Waals surface area contributed by atoms with Gasteiger partial charge < -0.3 is 10.1 Å². The van der Waals surface area contributed by atoms with E-state index in [1.807, 2.05) is 19.1 Å². The molecule has 1 saturated heterocycles. The molecule has 4 aromatic rings. The zero-order chi connectivity index (χ0) is 29.7. The molecule has 0 unspecified atom stereocenters. The van der Waals surface area contributed by atoms with Crippen molar-refractivity contribution in [1.82, 2.24) is 4.57 Å². The van der Waals surface area contributed by atoms with Crippen molar-refractivity contribution in [2.75, 3.05) is 17.3 Å². The summed E-state index contributed by atoms with van der Waals surface area (Å²) in [5.41, 5.74) is 2.60. The molecule has 1 aromatic heterocycles. The summed E-state index contributed by atoms with van der Waals surface area (Å²) in [5, 5.41) is 2.96. The topological polar surface area (TPSA) is 97.7 Å². The van der Waals surface area contributed by atoms with Crippen LogP contribution in [-0.4, -0.2) is 34.6 Å². The lowest BCUT2D eigenvalue weighted by Crippen LogP contribution is -2.33. The van der Waals surface area contributed by atoms with Gasteiger partial charge in [-0.15, -0.1) is 0 Å². The second-order valence-corrected chi connectivity index (χ2v) is 12.8. The molecule has 214 valence electrons. The number of hydrogen-bond donors (Lipinski definition) is 1. The van der Waals surface area contributed by atoms with E-state index in [0.717, 1.165) is 28.7 Å². The number of carbonyl (C=O) groups excluding carboxylic acids is 3. The molecule has 42 heavy (non-hydrogen) atoms. The molecule has 12 heteroatoms. The number of aryl methyl sites for hydroxylation is 1. The van der Waals surface area contributed by atoms with Gasteiger partial charge in [0, 0.05) is 16.5 Å². The van der Waals surface area contributed by atoms with Crippen LogP contribution in [0, 0.1) is 12.8 Å². The van der Waals surface area contributed by atoms with Crippen LogP contribution in [0.15, 0.2) is 76.6 Å². The van der Waals surface area contributed by atoms with Gasteiger partial charge in [-0.1, -0.05) is 76.1 Å². The number of halogens is 2. The minimum absolute atomic E-state index is 0.244. The Morgan fingerprint density at radius 2 is 1.69 bits per heavy atom. The lowest BCUT2D eigenvalue weighted by atomic mass is 9.83. The highest BCUT2D eigenvalue weighted by molar-refractivity contribution is 8.00. The van der Waals surface area contributed by atoms with Gasteiger partial charge in [0.1, 0.15) is 17.5 Å². The molecule has 1 N–H and O–H groups in total. The van der Waals surface area contributed by atoms with Gasteiger partial charge in [0.25, 0.3) is 0 Å². The summed E-state index contributed by atoms with van der Waals surface area (Å²) >= 11 is 15.1. The predicted molar refractivity (Wildman–Crippen MR) is 165 cm³/mol. The molecule has 3 heterocycles. The third-order valence-corrected chi connectivity index (χ3v) is 10.8. The lowest BCUT2D eigenvalue weighted by Gasteiger charge is -2.31. The Kier molecular flexibility index (Phi) is 7.65. The van der Waals surface area contributed by atoms with E-state index < -0.39 is 34.8 Å². The number of thioether (sulfide) groups is 1. The van der Waals surface area contributed by atoms with Crippen molar-refractivity contribution in [2.24, 2.45) is 5.92 Å². The number of thiazole rings is 1. The quantitative estimate of drug-likeness (QED) is 0.261. The maximum atomic E-state index is 14.0. The standard InChI is InChI=1S/C30H23Cl2N3O5S2/c1-15-6-8-16(9-7-15)33-21(36)14-34-29-26(42-30(34)39)22(19-4-3-5-20(31)24(19)32)23-25(41-29)28(38)35(27(23)37)17-10-12-18(40-2)13-11-17/h3-13,22-23,25H,14H2,1-2H3,(H,33,36)/t22-,23-,25+/m0/s1. The summed E-state index contributed by atoms with van der Waals surface area (Å²) in [4.78, 5) is 55.7. The molecule has 1 fully saturated rings. The number of hydrogen-bond acceptors (Lipinski definition) is 7. The summed E-state index contributed by atoms with van der Waals surface area (Å²) in [5.74, 6) is -2.20. The third-order valence-electron chi connectivity index (χ3n) is 7.33. The first-order chi connectivity index (χ1) is 20.2. The van der Waals surface area contributed by atoms with E-state index in [1.165, 1.54) is 16.6 Å². The number of imide groups is 1. The fourth-order valence-electron chi connectivity index (χ4n) is 5.32. The first-order valence-corrected chi connectivity index (χ1v) is 15.4. The monoisotopic (exact) mass is 639 g/mol. The Labute approximate surface area is 259 Å². The first kappa shape index (κ1) is 28.5. The van der Waals surface area contributed by atoms with E-state index in [0.29, 0.717) is 37.6 Å². The Morgan fingerprint density at radius 3 is 2.38 bits per heavy atom. The van der Waals surface area contributed by atoms with Crippen LogP contribution in [0.4, 0.5) is 11.4 Å². The van der Waals surface area contributed by atoms with Crippen molar-refractivity contribution in [2.45, 2.75) is 29.7 Å². The van der Waals surface area contributed by atoms with Crippen LogP contribution in [0.3, 0.4) is 0 Å². The van der Waals surface area contributed by atoms with Gasteiger partial charge in [-0.3, -0.25) is 23.7 Å². The van der Waals surface area contributed by atoms with Crippen LogP contribution in [0.1, 0.15) is 21.9 Å². The molecule has 3 aromatic carbocycles. The van der Waals surface area contributed by atoms with E-state index in [4.69, 9.17) is 27.9 Å². The number of nitrogens with one attached hydrogen (secondary N) is 1. The Balaban J connectivity index is 1.42. The number of nitrogens with zero attached hydrogens (tertiary/aromatic N) is 2. The van der Waals surface area contributed by atoms with E-state index in [1.54, 1.807) is 54.6 Å². The van der Waals surface area contributed by atoms with Crippen molar-refractivity contribution in [3.8, 4) is 5.75 Å². The van der Waals surface area contributed by atoms with Crippen molar-refractivity contribution in [3.63, 3.8) is 0 Å². The van der Waals surface area contributed by atoms with Gasteiger partial charge in [0.05, 0.1) is 33.8 Å². The predicted octanol–water partition coefficient (Wildman–Crippen LogP) is 5.97. The molecule has 0 bridgehead atoms. The average molecular weight is 641 g/mol. The van der Waals surface area contributed by atoms with Crippen molar-refractivity contribution < 1.29 is 19.1 Å². The van der Waals surface area contributed by atoms with Crippen LogP contribution < -0.4 is 19.8 Å². The SMILES string of the molecule is COc1ccc(N2C(=O)[C@H]3[C@H](c4cccc(Cl)c4Cl)c4sc(=O)n(CC(=O)Nc5ccc(C)cc5)c4S[C@H]3C2=O)cc1. The largest absolute Gasteiger partial charge is 0.497 e. The number of benzene rings is 3. The molecule has 0 saturated carbocycles. The summed E-state index contributed by atoms with van der Waals surface area (Å²) in [6, 6.07) is 19.1. The van der Waals surface area contributed by atoms with Gasteiger partial charge in [0.15, 0.2) is 0 Å². The smallest absolute Gasteiger partial charge is 0.308 e. The van der Waals surface area contributed by atoms with Gasteiger partial charge in [-0.25, -0.2) is 4.90 Å². The van der Waals surface area contributed by atoms with Crippen LogP contribution >= 0.6 is 46.3 Å². The zero-order valence-electron chi connectivity index (χ0n) is 22.3. The van der Waals surface area contributed by atoms with Crippen LogP contribution in [0.2, 0.25) is 10.0 Å². The maximum Gasteiger partial charge on any atom is 0.308 e. The highest BCUT2D eigenvalue weighted by Crippen LogP contribution is 2.55. The second-order valence-electron chi connectivity index (χ2n) is 9.93. The maximum absolute atomic E-state index is 14.0. The summed E-state index contributed by atoms with van der Waals surface area (Å²) in [6.45, 7) is 1.68. The molecule has 2 aliphatic heterocycles. The molecule has 0 aliphatic carbocycles. The van der Waals surface area contributed by atoms with E-state index >= 15 is 0 Å². The number of carbonyl (C=O) groups is 3. The Morgan fingerprint density at radius 1 is 0.976 bits per heavy atom. The minimum Gasteiger partial charge on any atom is -0.497 e. The number of fused-ring (bicyclic) bond motifs is 2. The Bertz CT molecular complexity index is 1790. The first-order valence-electron chi connectivity index (χ1n) is 12.9. The molecule has 2 aliphatic rings. The van der Waals surface area contributed by atoms with Crippen LogP contribution in [0.25, 0.3) is 0 Å². The van der Waals surface area contributed by atoms with Gasteiger partial charge >= 0.3 is 4.87 Å². The molecule has 3 amide bonds. The number of ether oxygens (including phenoxy) is 1. The number of rotatable bonds is 6. The number of aromatic nitrogens is 1. The normalized spacial score (nSPS) is 19.4. The molecule has 0 radical (unpaired) electrons. The lowest BCUT2D eigenvalue weighted by molar-refractivity contribution is -0.122. The van der Waals surface area contributed by atoms with Crippen molar-refractivity contribution >= 4 is 75.4 Å². The minimum atomic E-state index is -0.854. The molecule has 3 atom stereocenters. The summed E-state index contributed by atoms with van der Waals surface area (Å²) in [6.07, 6.45) is 0. The number of anilines is 2. The molecule has 8 nitrogen and oxygen atoms in total. The fourth-order valence-corrected chi connectivity index (χ4v) is 8.51. The number of methoxy groups -OCH3 is 1. The van der Waals surface area contributed by atoms with Crippen LogP contribution in [0.5, 0.6) is 5.75 Å². The summed E-state index contributed by atoms with van der Waals surface area (Å²) in [7, 11) is 1.53. The van der Waals surface area contributed by atoms with E-state index in [9.17, 15) is 19.2 Å². The van der Waals surface area contributed by atoms with Crippen molar-refractivity contribution in [1.29, 1.82) is 0 Å². The molecule has 0 spiro atoms. The Hall–Kier alpha value is -3.57. The number of amides is 3. The van der Waals surface area contributed by atoms with Crippen molar-refractivity contribution in [3.05, 3.63) is 102 Å². The molecular formula is C30H23Cl2N3O5S2. The second kappa shape index (κ2) is 11.3. The molecule has 6 rings (SSSR count). The van der Waals surface area contributed by atoms with Gasteiger partial charge in [-0.05, 0) is 55.0 Å².